The lowest BCUT2D eigenvalue weighted by Gasteiger charge is -2.34. The summed E-state index contributed by atoms with van der Waals surface area (Å²) in [7, 11) is 0. The zero-order valence-corrected chi connectivity index (χ0v) is 14.8. The highest BCUT2D eigenvalue weighted by molar-refractivity contribution is 5.79. The first kappa shape index (κ1) is 17.4. The third-order valence-electron chi connectivity index (χ3n) is 5.53. The Hall–Kier alpha value is -1.42. The molecule has 4 heteroatoms. The van der Waals surface area contributed by atoms with Gasteiger partial charge in [0.15, 0.2) is 0 Å². The predicted octanol–water partition coefficient (Wildman–Crippen LogP) is 3.52. The highest BCUT2D eigenvalue weighted by Gasteiger charge is 2.30. The number of rotatable bonds is 4. The molecule has 24 heavy (non-hydrogen) atoms. The van der Waals surface area contributed by atoms with Gasteiger partial charge < -0.3 is 10.2 Å². The highest BCUT2D eigenvalue weighted by atomic mass is 16.2. The van der Waals surface area contributed by atoms with Gasteiger partial charge in [-0.05, 0) is 57.3 Å². The van der Waals surface area contributed by atoms with E-state index in [1.165, 1.54) is 25.7 Å². The van der Waals surface area contributed by atoms with Crippen LogP contribution in [-0.2, 0) is 11.3 Å². The smallest absolute Gasteiger partial charge is 0.226 e. The SMILES string of the molecule is O=C(C1CCCCCC1)N(Cc1ccccn1)C1CCCNCC1. The number of carbonyl (C=O) groups is 1. The van der Waals surface area contributed by atoms with E-state index in [-0.39, 0.29) is 5.92 Å². The minimum Gasteiger partial charge on any atom is -0.334 e. The Morgan fingerprint density at radius 3 is 2.62 bits per heavy atom. The van der Waals surface area contributed by atoms with E-state index in [0.29, 0.717) is 18.5 Å². The van der Waals surface area contributed by atoms with Crippen LogP contribution in [0.25, 0.3) is 0 Å². The van der Waals surface area contributed by atoms with Gasteiger partial charge in [0.25, 0.3) is 0 Å². The van der Waals surface area contributed by atoms with Crippen molar-refractivity contribution in [3.8, 4) is 0 Å². The second-order valence-corrected chi connectivity index (χ2v) is 7.31. The Kier molecular flexibility index (Phi) is 6.65. The maximum absolute atomic E-state index is 13.3. The van der Waals surface area contributed by atoms with Gasteiger partial charge in [0.05, 0.1) is 12.2 Å². The molecule has 3 rings (SSSR count). The molecule has 0 aromatic carbocycles. The molecule has 132 valence electrons. The van der Waals surface area contributed by atoms with Gasteiger partial charge in [0, 0.05) is 18.2 Å². The van der Waals surface area contributed by atoms with E-state index in [2.05, 4.69) is 15.2 Å². The van der Waals surface area contributed by atoms with Gasteiger partial charge in [-0.15, -0.1) is 0 Å². The van der Waals surface area contributed by atoms with Gasteiger partial charge in [0.2, 0.25) is 5.91 Å². The van der Waals surface area contributed by atoms with Gasteiger partial charge in [-0.1, -0.05) is 31.7 Å². The van der Waals surface area contributed by atoms with Crippen molar-refractivity contribution in [2.45, 2.75) is 70.4 Å². The normalized spacial score (nSPS) is 23.2. The van der Waals surface area contributed by atoms with E-state index < -0.39 is 0 Å². The molecule has 1 saturated carbocycles. The third kappa shape index (κ3) is 4.79. The van der Waals surface area contributed by atoms with Crippen LogP contribution in [0.2, 0.25) is 0 Å². The van der Waals surface area contributed by atoms with Crippen molar-refractivity contribution in [2.24, 2.45) is 5.92 Å². The molecule has 0 spiro atoms. The molecule has 0 bridgehead atoms. The van der Waals surface area contributed by atoms with Crippen LogP contribution in [0.5, 0.6) is 0 Å². The molecule has 2 aliphatic rings. The molecule has 1 aromatic heterocycles. The molecule has 2 heterocycles. The summed E-state index contributed by atoms with van der Waals surface area (Å²) >= 11 is 0. The number of nitrogens with one attached hydrogen (secondary N) is 1. The van der Waals surface area contributed by atoms with Crippen molar-refractivity contribution in [2.75, 3.05) is 13.1 Å². The summed E-state index contributed by atoms with van der Waals surface area (Å²) < 4.78 is 0. The monoisotopic (exact) mass is 329 g/mol. The molecular weight excluding hydrogens is 298 g/mol. The lowest BCUT2D eigenvalue weighted by molar-refractivity contribution is -0.139. The highest BCUT2D eigenvalue weighted by Crippen LogP contribution is 2.27. The average Bonchev–Trinajstić information content (AvgIpc) is 3.05. The number of amides is 1. The summed E-state index contributed by atoms with van der Waals surface area (Å²) in [5.41, 5.74) is 1.01. The molecule has 1 saturated heterocycles. The third-order valence-corrected chi connectivity index (χ3v) is 5.53. The van der Waals surface area contributed by atoms with E-state index in [1.54, 1.807) is 0 Å². The summed E-state index contributed by atoms with van der Waals surface area (Å²) in [6.45, 7) is 2.76. The Morgan fingerprint density at radius 2 is 1.88 bits per heavy atom. The standard InChI is InChI=1S/C20H31N3O/c24-20(17-8-3-1-2-4-9-17)23(16-18-10-5-6-14-22-18)19-11-7-13-21-15-12-19/h5-6,10,14,17,19,21H,1-4,7-9,11-13,15-16H2. The van der Waals surface area contributed by atoms with Crippen molar-refractivity contribution in [1.82, 2.24) is 15.2 Å². The van der Waals surface area contributed by atoms with Crippen LogP contribution in [0.1, 0.15) is 63.5 Å². The number of hydrogen-bond donors (Lipinski definition) is 1. The van der Waals surface area contributed by atoms with Crippen LogP contribution >= 0.6 is 0 Å². The Morgan fingerprint density at radius 1 is 1.04 bits per heavy atom. The second kappa shape index (κ2) is 9.16. The van der Waals surface area contributed by atoms with Crippen LogP contribution in [-0.4, -0.2) is 34.9 Å². The van der Waals surface area contributed by atoms with Crippen LogP contribution in [0, 0.1) is 5.92 Å². The van der Waals surface area contributed by atoms with Gasteiger partial charge in [-0.25, -0.2) is 0 Å². The minimum absolute atomic E-state index is 0.229. The van der Waals surface area contributed by atoms with E-state index in [9.17, 15) is 4.79 Å². The first-order chi connectivity index (χ1) is 11.8. The van der Waals surface area contributed by atoms with Crippen LogP contribution < -0.4 is 5.32 Å². The van der Waals surface area contributed by atoms with Crippen LogP contribution in [0.3, 0.4) is 0 Å². The Balaban J connectivity index is 1.75. The summed E-state index contributed by atoms with van der Waals surface area (Å²) in [6.07, 6.45) is 12.3. The predicted molar refractivity (Wildman–Crippen MR) is 96.5 cm³/mol. The zero-order valence-electron chi connectivity index (χ0n) is 14.8. The number of aromatic nitrogens is 1. The van der Waals surface area contributed by atoms with Gasteiger partial charge >= 0.3 is 0 Å². The summed E-state index contributed by atoms with van der Waals surface area (Å²) in [5, 5.41) is 3.47. The first-order valence-electron chi connectivity index (χ1n) is 9.75. The minimum atomic E-state index is 0.229. The van der Waals surface area contributed by atoms with Crippen molar-refractivity contribution in [3.05, 3.63) is 30.1 Å². The molecule has 1 aromatic rings. The van der Waals surface area contributed by atoms with E-state index >= 15 is 0 Å². The summed E-state index contributed by atoms with van der Waals surface area (Å²) in [6, 6.07) is 6.36. The second-order valence-electron chi connectivity index (χ2n) is 7.31. The zero-order chi connectivity index (χ0) is 16.6. The molecule has 4 nitrogen and oxygen atoms in total. The number of hydrogen-bond acceptors (Lipinski definition) is 3. The first-order valence-corrected chi connectivity index (χ1v) is 9.75. The van der Waals surface area contributed by atoms with Gasteiger partial charge in [0.1, 0.15) is 0 Å². The van der Waals surface area contributed by atoms with Crippen LogP contribution in [0.4, 0.5) is 0 Å². The molecule has 1 atom stereocenters. The van der Waals surface area contributed by atoms with E-state index in [1.807, 2.05) is 24.4 Å². The molecule has 1 N–H and O–H groups in total. The lowest BCUT2D eigenvalue weighted by atomic mass is 9.96. The molecule has 1 amide bonds. The molecular formula is C20H31N3O. The molecule has 2 fully saturated rings. The fourth-order valence-electron chi connectivity index (χ4n) is 4.13. The molecule has 1 unspecified atom stereocenters. The van der Waals surface area contributed by atoms with Crippen molar-refractivity contribution in [3.63, 3.8) is 0 Å². The van der Waals surface area contributed by atoms with Gasteiger partial charge in [-0.2, -0.15) is 0 Å². The van der Waals surface area contributed by atoms with Crippen LogP contribution in [0.15, 0.2) is 24.4 Å². The number of carbonyl (C=O) groups excluding carboxylic acids is 1. The molecule has 1 aliphatic heterocycles. The van der Waals surface area contributed by atoms with Crippen molar-refractivity contribution in [1.29, 1.82) is 0 Å². The molecule has 0 radical (unpaired) electrons. The van der Waals surface area contributed by atoms with Gasteiger partial charge in [-0.3, -0.25) is 9.78 Å². The van der Waals surface area contributed by atoms with Crippen molar-refractivity contribution < 1.29 is 4.79 Å². The number of nitrogens with zero attached hydrogens (tertiary/aromatic N) is 2. The lowest BCUT2D eigenvalue weighted by Crippen LogP contribution is -2.43. The van der Waals surface area contributed by atoms with Crippen molar-refractivity contribution >= 4 is 5.91 Å². The summed E-state index contributed by atoms with van der Waals surface area (Å²) in [4.78, 5) is 20.0. The summed E-state index contributed by atoms with van der Waals surface area (Å²) in [5.74, 6) is 0.613. The van der Waals surface area contributed by atoms with E-state index in [0.717, 1.165) is 50.9 Å². The Labute approximate surface area is 146 Å². The largest absolute Gasteiger partial charge is 0.334 e. The fourth-order valence-corrected chi connectivity index (χ4v) is 4.13. The molecule has 1 aliphatic carbocycles. The average molecular weight is 329 g/mol. The maximum atomic E-state index is 13.3. The Bertz CT molecular complexity index is 489. The quantitative estimate of drug-likeness (QED) is 0.860. The maximum Gasteiger partial charge on any atom is 0.226 e. The number of pyridine rings is 1. The van der Waals surface area contributed by atoms with E-state index in [4.69, 9.17) is 0 Å². The fraction of sp³-hybridized carbons (Fsp3) is 0.700. The topological polar surface area (TPSA) is 45.2 Å².